The van der Waals surface area contributed by atoms with Gasteiger partial charge in [-0.25, -0.2) is 9.59 Å². The predicted octanol–water partition coefficient (Wildman–Crippen LogP) is -0.0183. The summed E-state index contributed by atoms with van der Waals surface area (Å²) in [5.74, 6) is -0.489. The summed E-state index contributed by atoms with van der Waals surface area (Å²) in [6.45, 7) is 3.83. The Morgan fingerprint density at radius 1 is 1.42 bits per heavy atom. The molecule has 0 aliphatic heterocycles. The van der Waals surface area contributed by atoms with Crippen LogP contribution in [-0.2, 0) is 9.53 Å². The maximum atomic E-state index is 10.8. The first-order valence-electron chi connectivity index (χ1n) is 3.70. The molecule has 0 heterocycles. The minimum absolute atomic E-state index is 0.278. The zero-order chi connectivity index (χ0) is 9.72. The summed E-state index contributed by atoms with van der Waals surface area (Å²) < 4.78 is 4.09. The van der Waals surface area contributed by atoms with Crippen LogP contribution in [0.4, 0.5) is 4.79 Å². The van der Waals surface area contributed by atoms with E-state index >= 15 is 0 Å². The Labute approximate surface area is 71.0 Å². The van der Waals surface area contributed by atoms with Gasteiger partial charge in [0.15, 0.2) is 0 Å². The minimum atomic E-state index is -1.11. The molecule has 0 aliphatic rings. The Kier molecular flexibility index (Phi) is 4.28. The van der Waals surface area contributed by atoms with Crippen molar-refractivity contribution in [1.29, 1.82) is 0 Å². The van der Waals surface area contributed by atoms with Gasteiger partial charge in [0.05, 0.1) is 0 Å². The first kappa shape index (κ1) is 10.9. The number of hydrogen-bond acceptors (Lipinski definition) is 4. The fourth-order valence-corrected chi connectivity index (χ4v) is 0.779. The van der Waals surface area contributed by atoms with Crippen molar-refractivity contribution >= 4 is 12.1 Å². The molecule has 0 radical (unpaired) electrons. The SMILES string of the molecule is CC(C)CC(N)C(=O)OC(N)=O. The van der Waals surface area contributed by atoms with Gasteiger partial charge >= 0.3 is 12.1 Å². The van der Waals surface area contributed by atoms with Crippen LogP contribution in [0, 0.1) is 5.92 Å². The first-order chi connectivity index (χ1) is 5.43. The van der Waals surface area contributed by atoms with E-state index in [1.165, 1.54) is 0 Å². The lowest BCUT2D eigenvalue weighted by Gasteiger charge is -2.10. The Morgan fingerprint density at radius 2 is 1.92 bits per heavy atom. The van der Waals surface area contributed by atoms with Gasteiger partial charge in [-0.3, -0.25) is 0 Å². The van der Waals surface area contributed by atoms with Gasteiger partial charge in [0.2, 0.25) is 0 Å². The highest BCUT2D eigenvalue weighted by Gasteiger charge is 2.18. The first-order valence-corrected chi connectivity index (χ1v) is 3.70. The third-order valence-electron chi connectivity index (χ3n) is 1.23. The molecule has 0 spiro atoms. The molecule has 1 unspecified atom stereocenters. The molecule has 0 rings (SSSR count). The van der Waals surface area contributed by atoms with Gasteiger partial charge in [0.1, 0.15) is 6.04 Å². The molecule has 12 heavy (non-hydrogen) atoms. The van der Waals surface area contributed by atoms with Crippen molar-refractivity contribution in [2.24, 2.45) is 17.4 Å². The third kappa shape index (κ3) is 4.68. The predicted molar refractivity (Wildman–Crippen MR) is 43.1 cm³/mol. The van der Waals surface area contributed by atoms with Crippen LogP contribution in [0.5, 0.6) is 0 Å². The van der Waals surface area contributed by atoms with Crippen molar-refractivity contribution in [2.45, 2.75) is 26.3 Å². The molecule has 0 saturated heterocycles. The molecule has 1 atom stereocenters. The quantitative estimate of drug-likeness (QED) is 0.464. The standard InChI is InChI=1S/C7H14N2O3/c1-4(2)3-5(8)6(10)12-7(9)11/h4-5H,3,8H2,1-2H3,(H2,9,11). The van der Waals surface area contributed by atoms with E-state index in [2.05, 4.69) is 10.5 Å². The highest BCUT2D eigenvalue weighted by molar-refractivity contribution is 5.86. The molecule has 5 heteroatoms. The van der Waals surface area contributed by atoms with Gasteiger partial charge in [0, 0.05) is 0 Å². The monoisotopic (exact) mass is 174 g/mol. The Balaban J connectivity index is 3.85. The lowest BCUT2D eigenvalue weighted by Crippen LogP contribution is -2.36. The van der Waals surface area contributed by atoms with Crippen molar-refractivity contribution in [3.8, 4) is 0 Å². The van der Waals surface area contributed by atoms with Crippen LogP contribution >= 0.6 is 0 Å². The van der Waals surface area contributed by atoms with Crippen molar-refractivity contribution < 1.29 is 14.3 Å². The zero-order valence-corrected chi connectivity index (χ0v) is 7.24. The lowest BCUT2D eigenvalue weighted by molar-refractivity contribution is -0.138. The molecule has 70 valence electrons. The van der Waals surface area contributed by atoms with Gasteiger partial charge in [-0.15, -0.1) is 0 Å². The summed E-state index contributed by atoms with van der Waals surface area (Å²) in [4.78, 5) is 21.0. The zero-order valence-electron chi connectivity index (χ0n) is 7.24. The molecule has 0 aromatic carbocycles. The number of carbonyl (C=O) groups excluding carboxylic acids is 2. The van der Waals surface area contributed by atoms with Crippen molar-refractivity contribution in [3.63, 3.8) is 0 Å². The van der Waals surface area contributed by atoms with Crippen molar-refractivity contribution in [3.05, 3.63) is 0 Å². The topological polar surface area (TPSA) is 95.4 Å². The minimum Gasteiger partial charge on any atom is -0.375 e. The van der Waals surface area contributed by atoms with E-state index in [1.807, 2.05) is 13.8 Å². The number of primary amides is 1. The van der Waals surface area contributed by atoms with E-state index in [1.54, 1.807) is 0 Å². The van der Waals surface area contributed by atoms with Gasteiger partial charge < -0.3 is 16.2 Å². The number of nitrogens with two attached hydrogens (primary N) is 2. The second-order valence-electron chi connectivity index (χ2n) is 2.98. The second-order valence-corrected chi connectivity index (χ2v) is 2.98. The molecule has 0 bridgehead atoms. The van der Waals surface area contributed by atoms with Crippen LogP contribution in [0.2, 0.25) is 0 Å². The average Bonchev–Trinajstić information content (AvgIpc) is 1.84. The molecule has 1 amide bonds. The normalized spacial score (nSPS) is 12.7. The fraction of sp³-hybridized carbons (Fsp3) is 0.714. The lowest BCUT2D eigenvalue weighted by atomic mass is 10.1. The molecule has 0 aromatic heterocycles. The number of amides is 1. The smallest absolute Gasteiger partial charge is 0.375 e. The molecular formula is C7H14N2O3. The van der Waals surface area contributed by atoms with Crippen LogP contribution in [0.1, 0.15) is 20.3 Å². The summed E-state index contributed by atoms with van der Waals surface area (Å²) in [5, 5.41) is 0. The van der Waals surface area contributed by atoms with E-state index in [0.29, 0.717) is 6.42 Å². The van der Waals surface area contributed by atoms with Gasteiger partial charge in [-0.05, 0) is 12.3 Å². The van der Waals surface area contributed by atoms with Crippen LogP contribution in [0.3, 0.4) is 0 Å². The average molecular weight is 174 g/mol. The summed E-state index contributed by atoms with van der Waals surface area (Å²) in [6.07, 6.45) is -0.634. The van der Waals surface area contributed by atoms with Crippen LogP contribution in [0.25, 0.3) is 0 Å². The van der Waals surface area contributed by atoms with Crippen molar-refractivity contribution in [1.82, 2.24) is 0 Å². The summed E-state index contributed by atoms with van der Waals surface area (Å²) in [5.41, 5.74) is 10.0. The summed E-state index contributed by atoms with van der Waals surface area (Å²) in [6, 6.07) is -0.766. The summed E-state index contributed by atoms with van der Waals surface area (Å²) >= 11 is 0. The van der Waals surface area contributed by atoms with Gasteiger partial charge in [-0.1, -0.05) is 13.8 Å². The Hall–Kier alpha value is -1.10. The van der Waals surface area contributed by atoms with E-state index in [9.17, 15) is 9.59 Å². The highest BCUT2D eigenvalue weighted by Crippen LogP contribution is 2.03. The van der Waals surface area contributed by atoms with Crippen LogP contribution < -0.4 is 11.5 Å². The molecular weight excluding hydrogens is 160 g/mol. The number of esters is 1. The Bertz CT molecular complexity index is 179. The number of ether oxygens (including phenoxy) is 1. The molecule has 0 saturated carbocycles. The largest absolute Gasteiger partial charge is 0.412 e. The van der Waals surface area contributed by atoms with E-state index in [4.69, 9.17) is 5.73 Å². The van der Waals surface area contributed by atoms with E-state index in [-0.39, 0.29) is 5.92 Å². The summed E-state index contributed by atoms with van der Waals surface area (Å²) in [7, 11) is 0. The maximum absolute atomic E-state index is 10.8. The number of carbonyl (C=O) groups is 2. The fourth-order valence-electron chi connectivity index (χ4n) is 0.779. The third-order valence-corrected chi connectivity index (χ3v) is 1.23. The van der Waals surface area contributed by atoms with Gasteiger partial charge in [-0.2, -0.15) is 0 Å². The molecule has 0 aromatic rings. The molecule has 0 aliphatic carbocycles. The number of hydrogen-bond donors (Lipinski definition) is 2. The maximum Gasteiger partial charge on any atom is 0.412 e. The number of rotatable bonds is 3. The van der Waals surface area contributed by atoms with E-state index in [0.717, 1.165) is 0 Å². The van der Waals surface area contributed by atoms with Crippen molar-refractivity contribution in [2.75, 3.05) is 0 Å². The van der Waals surface area contributed by atoms with E-state index < -0.39 is 18.1 Å². The molecule has 0 fully saturated rings. The molecule has 5 nitrogen and oxygen atoms in total. The second kappa shape index (κ2) is 4.71. The molecule has 4 N–H and O–H groups in total. The highest BCUT2D eigenvalue weighted by atomic mass is 16.6. The van der Waals surface area contributed by atoms with Gasteiger partial charge in [0.25, 0.3) is 0 Å². The van der Waals surface area contributed by atoms with Crippen LogP contribution in [-0.4, -0.2) is 18.1 Å². The van der Waals surface area contributed by atoms with Crippen LogP contribution in [0.15, 0.2) is 0 Å². The Morgan fingerprint density at radius 3 is 2.25 bits per heavy atom.